The molecule has 2 nitrogen and oxygen atoms in total. The van der Waals surface area contributed by atoms with Crippen molar-refractivity contribution in [3.05, 3.63) is 64.4 Å². The van der Waals surface area contributed by atoms with Gasteiger partial charge in [-0.3, -0.25) is 4.79 Å². The van der Waals surface area contributed by atoms with E-state index in [0.717, 1.165) is 0 Å². The van der Waals surface area contributed by atoms with Crippen molar-refractivity contribution in [1.82, 2.24) is 0 Å². The molecule has 0 amide bonds. The Morgan fingerprint density at radius 1 is 1.21 bits per heavy atom. The second-order valence-corrected chi connectivity index (χ2v) is 4.42. The van der Waals surface area contributed by atoms with Crippen molar-refractivity contribution in [3.8, 4) is 5.75 Å². The quantitative estimate of drug-likeness (QED) is 0.793. The predicted octanol–water partition coefficient (Wildman–Crippen LogP) is 3.91. The second-order valence-electron chi connectivity index (χ2n) is 4.01. The number of Topliss-reactive ketones (excluding diaryl/α,β-unsaturated/α-hetero) is 1. The van der Waals surface area contributed by atoms with Gasteiger partial charge in [-0.25, -0.2) is 4.39 Å². The SMILES string of the molecule is COc1cccc(C(=O)Cc2ccccc2Cl)c1F. The van der Waals surface area contributed by atoms with Crippen LogP contribution < -0.4 is 4.74 Å². The van der Waals surface area contributed by atoms with Crippen LogP contribution in [0.5, 0.6) is 5.75 Å². The Balaban J connectivity index is 2.28. The van der Waals surface area contributed by atoms with Gasteiger partial charge in [-0.15, -0.1) is 0 Å². The third kappa shape index (κ3) is 2.93. The lowest BCUT2D eigenvalue weighted by Crippen LogP contribution is -2.07. The van der Waals surface area contributed by atoms with E-state index in [1.54, 1.807) is 30.3 Å². The van der Waals surface area contributed by atoms with Gasteiger partial charge in [-0.1, -0.05) is 35.9 Å². The summed E-state index contributed by atoms with van der Waals surface area (Å²) in [7, 11) is 1.36. The van der Waals surface area contributed by atoms with E-state index in [2.05, 4.69) is 0 Å². The number of methoxy groups -OCH3 is 1. The molecule has 0 fully saturated rings. The van der Waals surface area contributed by atoms with E-state index >= 15 is 0 Å². The highest BCUT2D eigenvalue weighted by molar-refractivity contribution is 6.31. The Morgan fingerprint density at radius 2 is 1.95 bits per heavy atom. The smallest absolute Gasteiger partial charge is 0.175 e. The van der Waals surface area contributed by atoms with Gasteiger partial charge in [0.25, 0.3) is 0 Å². The molecule has 19 heavy (non-hydrogen) atoms. The summed E-state index contributed by atoms with van der Waals surface area (Å²) in [5.74, 6) is -0.906. The first kappa shape index (κ1) is 13.6. The van der Waals surface area contributed by atoms with Gasteiger partial charge in [-0.05, 0) is 23.8 Å². The largest absolute Gasteiger partial charge is 0.494 e. The summed E-state index contributed by atoms with van der Waals surface area (Å²) in [6.45, 7) is 0. The Labute approximate surface area is 115 Å². The van der Waals surface area contributed by atoms with Crippen LogP contribution >= 0.6 is 11.6 Å². The van der Waals surface area contributed by atoms with Crippen LogP contribution in [0.15, 0.2) is 42.5 Å². The lowest BCUT2D eigenvalue weighted by molar-refractivity contribution is 0.0988. The van der Waals surface area contributed by atoms with E-state index in [-0.39, 0.29) is 23.5 Å². The van der Waals surface area contributed by atoms with E-state index in [0.29, 0.717) is 10.6 Å². The number of carbonyl (C=O) groups is 1. The molecule has 2 rings (SSSR count). The summed E-state index contributed by atoms with van der Waals surface area (Å²) >= 11 is 5.98. The minimum atomic E-state index is -0.637. The molecule has 0 unspecified atom stereocenters. The van der Waals surface area contributed by atoms with Crippen LogP contribution in [0.3, 0.4) is 0 Å². The molecule has 0 radical (unpaired) electrons. The summed E-state index contributed by atoms with van der Waals surface area (Å²) in [5.41, 5.74) is 0.690. The van der Waals surface area contributed by atoms with Gasteiger partial charge in [0.2, 0.25) is 0 Å². The summed E-state index contributed by atoms with van der Waals surface area (Å²) < 4.78 is 18.8. The fourth-order valence-corrected chi connectivity index (χ4v) is 2.00. The number of ether oxygens (including phenoxy) is 1. The maximum atomic E-state index is 13.9. The van der Waals surface area contributed by atoms with Crippen LogP contribution in [0.25, 0.3) is 0 Å². The van der Waals surface area contributed by atoms with Gasteiger partial charge in [0.05, 0.1) is 12.7 Å². The van der Waals surface area contributed by atoms with E-state index in [4.69, 9.17) is 16.3 Å². The van der Waals surface area contributed by atoms with E-state index in [1.807, 2.05) is 0 Å². The maximum Gasteiger partial charge on any atom is 0.175 e. The molecule has 98 valence electrons. The number of hydrogen-bond acceptors (Lipinski definition) is 2. The monoisotopic (exact) mass is 278 g/mol. The number of carbonyl (C=O) groups excluding carboxylic acids is 1. The average molecular weight is 279 g/mol. The van der Waals surface area contributed by atoms with Gasteiger partial charge < -0.3 is 4.74 Å². The van der Waals surface area contributed by atoms with Crippen molar-refractivity contribution < 1.29 is 13.9 Å². The molecule has 0 aromatic heterocycles. The lowest BCUT2D eigenvalue weighted by Gasteiger charge is -2.07. The first-order chi connectivity index (χ1) is 9.13. The molecule has 0 N–H and O–H groups in total. The number of halogens is 2. The Bertz CT molecular complexity index is 611. The van der Waals surface area contributed by atoms with Crippen LogP contribution in [-0.2, 0) is 6.42 Å². The third-order valence-corrected chi connectivity index (χ3v) is 3.16. The minimum Gasteiger partial charge on any atom is -0.494 e. The molecule has 0 aliphatic rings. The zero-order valence-electron chi connectivity index (χ0n) is 10.3. The highest BCUT2D eigenvalue weighted by Crippen LogP contribution is 2.23. The molecule has 4 heteroatoms. The van der Waals surface area contributed by atoms with Crippen LogP contribution in [0, 0.1) is 5.82 Å². The molecule has 0 atom stereocenters. The van der Waals surface area contributed by atoms with Crippen LogP contribution in [0.2, 0.25) is 5.02 Å². The van der Waals surface area contributed by atoms with E-state index in [9.17, 15) is 9.18 Å². The summed E-state index contributed by atoms with van der Waals surface area (Å²) in [6.07, 6.45) is 0.0593. The van der Waals surface area contributed by atoms with Gasteiger partial charge >= 0.3 is 0 Å². The zero-order valence-corrected chi connectivity index (χ0v) is 11.1. The lowest BCUT2D eigenvalue weighted by atomic mass is 10.0. The molecular weight excluding hydrogens is 267 g/mol. The highest BCUT2D eigenvalue weighted by atomic mass is 35.5. The van der Waals surface area contributed by atoms with Crippen LogP contribution in [-0.4, -0.2) is 12.9 Å². The first-order valence-corrected chi connectivity index (χ1v) is 6.10. The van der Waals surface area contributed by atoms with Crippen LogP contribution in [0.4, 0.5) is 4.39 Å². The summed E-state index contributed by atoms with van der Waals surface area (Å²) in [6, 6.07) is 11.5. The van der Waals surface area contributed by atoms with Crippen molar-refractivity contribution in [2.75, 3.05) is 7.11 Å². The average Bonchev–Trinajstić information content (AvgIpc) is 2.41. The molecule has 2 aromatic carbocycles. The van der Waals surface area contributed by atoms with Gasteiger partial charge in [0, 0.05) is 11.4 Å². The number of rotatable bonds is 4. The molecule has 0 spiro atoms. The summed E-state index contributed by atoms with van der Waals surface area (Å²) in [4.78, 5) is 12.1. The standard InChI is InChI=1S/C15H12ClFO2/c1-19-14-8-4-6-11(15(14)17)13(18)9-10-5-2-3-7-12(10)16/h2-8H,9H2,1H3. The van der Waals surface area contributed by atoms with E-state index < -0.39 is 5.82 Å². The molecule has 0 aliphatic carbocycles. The third-order valence-electron chi connectivity index (χ3n) is 2.79. The fourth-order valence-electron chi connectivity index (χ4n) is 1.79. The minimum absolute atomic E-state index is 0.0132. The molecule has 2 aromatic rings. The van der Waals surface area contributed by atoms with Crippen molar-refractivity contribution in [2.45, 2.75) is 6.42 Å². The fraction of sp³-hybridized carbons (Fsp3) is 0.133. The zero-order chi connectivity index (χ0) is 13.8. The Hall–Kier alpha value is -1.87. The number of benzene rings is 2. The highest BCUT2D eigenvalue weighted by Gasteiger charge is 2.16. The Morgan fingerprint density at radius 3 is 2.63 bits per heavy atom. The molecule has 0 saturated carbocycles. The summed E-state index contributed by atoms with van der Waals surface area (Å²) in [5, 5.41) is 0.499. The number of ketones is 1. The molecule has 0 bridgehead atoms. The molecule has 0 aliphatic heterocycles. The maximum absolute atomic E-state index is 13.9. The van der Waals surface area contributed by atoms with Crippen molar-refractivity contribution in [1.29, 1.82) is 0 Å². The van der Waals surface area contributed by atoms with Crippen molar-refractivity contribution in [2.24, 2.45) is 0 Å². The normalized spacial score (nSPS) is 10.3. The van der Waals surface area contributed by atoms with Crippen molar-refractivity contribution in [3.63, 3.8) is 0 Å². The van der Waals surface area contributed by atoms with Crippen LogP contribution in [0.1, 0.15) is 15.9 Å². The van der Waals surface area contributed by atoms with Crippen molar-refractivity contribution >= 4 is 17.4 Å². The first-order valence-electron chi connectivity index (χ1n) is 5.72. The van der Waals surface area contributed by atoms with E-state index in [1.165, 1.54) is 19.2 Å². The van der Waals surface area contributed by atoms with Gasteiger partial charge in [0.1, 0.15) is 0 Å². The number of hydrogen-bond donors (Lipinski definition) is 0. The van der Waals surface area contributed by atoms with Gasteiger partial charge in [-0.2, -0.15) is 0 Å². The Kier molecular flexibility index (Phi) is 4.17. The second kappa shape index (κ2) is 5.85. The molecule has 0 heterocycles. The topological polar surface area (TPSA) is 26.3 Å². The predicted molar refractivity (Wildman–Crippen MR) is 72.4 cm³/mol. The molecule has 0 saturated heterocycles. The van der Waals surface area contributed by atoms with Gasteiger partial charge in [0.15, 0.2) is 17.3 Å². The molecular formula is C15H12ClFO2.